The molecule has 0 radical (unpaired) electrons. The third-order valence-corrected chi connectivity index (χ3v) is 33.9. The van der Waals surface area contributed by atoms with Gasteiger partial charge in [-0.3, -0.25) is 0 Å². The van der Waals surface area contributed by atoms with Crippen molar-refractivity contribution in [3.63, 3.8) is 0 Å². The van der Waals surface area contributed by atoms with Crippen molar-refractivity contribution in [3.05, 3.63) is 45.5 Å². The molecule has 4 heterocycles. The summed E-state index contributed by atoms with van der Waals surface area (Å²) in [6, 6.07) is 13.0. The van der Waals surface area contributed by atoms with E-state index in [0.29, 0.717) is 0 Å². The Labute approximate surface area is 407 Å². The fourth-order valence-electron chi connectivity index (χ4n) is 9.85. The second-order valence-electron chi connectivity index (χ2n) is 21.4. The van der Waals surface area contributed by atoms with E-state index < -0.39 is 36.8 Å². The minimum atomic E-state index is -2.52. The van der Waals surface area contributed by atoms with Gasteiger partial charge in [0.1, 0.15) is 0 Å². The Balaban J connectivity index is 1.52. The summed E-state index contributed by atoms with van der Waals surface area (Å²) in [6.07, 6.45) is 36.1. The van der Waals surface area contributed by atoms with Crippen molar-refractivity contribution >= 4 is 109 Å². The topological polar surface area (TPSA) is 0 Å². The molecule has 0 amide bonds. The van der Waals surface area contributed by atoms with E-state index in [9.17, 15) is 0 Å². The van der Waals surface area contributed by atoms with Crippen molar-refractivity contribution in [2.45, 2.75) is 224 Å². The van der Waals surface area contributed by atoms with Crippen LogP contribution in [0.25, 0.3) is 41.1 Å². The summed E-state index contributed by atoms with van der Waals surface area (Å²) in [7, 11) is 0. The molecule has 2 unspecified atom stereocenters. The standard InChI is InChI=1S/C50H72S4.6CH3.2Sn/c1-5-9-13-17-19-23-27-39(25-21-15-11-7-3)37-41-29-31-45(53-41)47-43-33-35-52-50(43)48(44-34-36-51-49(44)47)46-32-30-42(54-46)38-40(26-22-16-12-8-4)28-24-20-18-14-10-6-2;;;;;;;;/h29-33,36,39-40H,5-28,37-38H2,1-4H3;6*1H3;;. The molecule has 0 bridgehead atoms. The Kier molecular flexibility index (Phi) is 23.3. The molecule has 0 N–H and O–H groups in total. The first-order valence-corrected chi connectivity index (χ1v) is 49.4. The fraction of sp³-hybridized carbons (Fsp3) is 0.679. The second kappa shape index (κ2) is 27.2. The predicted octanol–water partition coefficient (Wildman–Crippen LogP) is 20.4. The molecule has 1 aromatic carbocycles. The van der Waals surface area contributed by atoms with Crippen LogP contribution in [0.3, 0.4) is 0 Å². The van der Waals surface area contributed by atoms with Crippen molar-refractivity contribution in [2.24, 2.45) is 11.8 Å². The number of unbranched alkanes of at least 4 members (excludes halogenated alkanes) is 16. The zero-order chi connectivity index (χ0) is 44.5. The van der Waals surface area contributed by atoms with Gasteiger partial charge < -0.3 is 0 Å². The number of fused-ring (bicyclic) bond motifs is 2. The molecule has 0 spiro atoms. The van der Waals surface area contributed by atoms with Crippen LogP contribution in [0.5, 0.6) is 0 Å². The van der Waals surface area contributed by atoms with E-state index in [1.807, 2.05) is 0 Å². The Morgan fingerprint density at radius 2 is 0.871 bits per heavy atom. The number of rotatable bonds is 32. The molecule has 0 aliphatic heterocycles. The molecule has 62 heavy (non-hydrogen) atoms. The summed E-state index contributed by atoms with van der Waals surface area (Å²) < 4.78 is 6.68. The number of benzene rings is 1. The zero-order valence-electron chi connectivity index (χ0n) is 41.6. The molecule has 0 fully saturated rings. The average molecular weight is 1130 g/mol. The van der Waals surface area contributed by atoms with Crippen LogP contribution >= 0.6 is 45.3 Å². The van der Waals surface area contributed by atoms with E-state index in [2.05, 4.69) is 138 Å². The second-order valence-corrected chi connectivity index (χ2v) is 55.5. The number of thiophene rings is 4. The molecule has 0 saturated heterocycles. The van der Waals surface area contributed by atoms with Crippen molar-refractivity contribution in [1.82, 2.24) is 0 Å². The summed E-state index contributed by atoms with van der Waals surface area (Å²) in [4.78, 5) is 22.2. The Hall–Kier alpha value is 0.137. The van der Waals surface area contributed by atoms with Crippen LogP contribution in [-0.2, 0) is 12.8 Å². The monoisotopic (exact) mass is 1130 g/mol. The average Bonchev–Trinajstić information content (AvgIpc) is 4.06. The minimum absolute atomic E-state index is 0.826. The summed E-state index contributed by atoms with van der Waals surface area (Å²) in [6.45, 7) is 9.38. The van der Waals surface area contributed by atoms with Gasteiger partial charge in [-0.25, -0.2) is 0 Å². The fourth-order valence-corrected chi connectivity index (χ4v) is 26.8. The van der Waals surface area contributed by atoms with Crippen molar-refractivity contribution in [3.8, 4) is 20.9 Å². The van der Waals surface area contributed by atoms with Gasteiger partial charge in [0.05, 0.1) is 0 Å². The molecule has 2 atom stereocenters. The maximum absolute atomic E-state index is 2.73. The van der Waals surface area contributed by atoms with Gasteiger partial charge in [-0.15, -0.1) is 0 Å². The van der Waals surface area contributed by atoms with Gasteiger partial charge in [-0.2, -0.15) is 0 Å². The molecule has 346 valence electrons. The van der Waals surface area contributed by atoms with E-state index in [1.54, 1.807) is 52.4 Å². The molecule has 0 aliphatic carbocycles. The van der Waals surface area contributed by atoms with E-state index in [1.165, 1.54) is 172 Å². The summed E-state index contributed by atoms with van der Waals surface area (Å²) in [5.74, 6) is 1.65. The molecule has 0 saturated carbocycles. The molecular formula is C56H90S4Sn2. The normalized spacial score (nSPS) is 13.6. The van der Waals surface area contributed by atoms with Crippen molar-refractivity contribution < 1.29 is 0 Å². The van der Waals surface area contributed by atoms with Gasteiger partial charge in [-0.1, -0.05) is 91.9 Å². The van der Waals surface area contributed by atoms with Crippen molar-refractivity contribution in [1.29, 1.82) is 0 Å². The van der Waals surface area contributed by atoms with E-state index >= 15 is 0 Å². The number of hydrogen-bond acceptors (Lipinski definition) is 4. The summed E-state index contributed by atoms with van der Waals surface area (Å²) in [5.41, 5.74) is 3.20. The van der Waals surface area contributed by atoms with Gasteiger partial charge in [0.2, 0.25) is 0 Å². The van der Waals surface area contributed by atoms with Gasteiger partial charge >= 0.3 is 319 Å². The molecule has 4 aromatic heterocycles. The van der Waals surface area contributed by atoms with Crippen molar-refractivity contribution in [2.75, 3.05) is 0 Å². The molecule has 0 nitrogen and oxygen atoms in total. The van der Waals surface area contributed by atoms with Crippen LogP contribution in [0.4, 0.5) is 0 Å². The molecule has 6 heteroatoms. The van der Waals surface area contributed by atoms with E-state index in [-0.39, 0.29) is 0 Å². The van der Waals surface area contributed by atoms with Gasteiger partial charge in [0.15, 0.2) is 0 Å². The van der Waals surface area contributed by atoms with E-state index in [0.717, 1.165) is 11.8 Å². The van der Waals surface area contributed by atoms with Crippen LogP contribution in [0.2, 0.25) is 29.6 Å². The first-order chi connectivity index (χ1) is 29.9. The summed E-state index contributed by atoms with van der Waals surface area (Å²) in [5, 5.41) is 5.87. The maximum atomic E-state index is 2.73. The third kappa shape index (κ3) is 15.9. The van der Waals surface area contributed by atoms with Crippen LogP contribution in [-0.4, -0.2) is 36.8 Å². The first kappa shape index (κ1) is 53.1. The number of hydrogen-bond donors (Lipinski definition) is 0. The molecule has 5 rings (SSSR count). The van der Waals surface area contributed by atoms with Crippen LogP contribution < -0.4 is 6.47 Å². The molecular weight excluding hydrogens is 1040 g/mol. The van der Waals surface area contributed by atoms with Gasteiger partial charge in [0.25, 0.3) is 0 Å². The van der Waals surface area contributed by atoms with Crippen LogP contribution in [0, 0.1) is 11.8 Å². The van der Waals surface area contributed by atoms with E-state index in [4.69, 9.17) is 0 Å². The quantitative estimate of drug-likeness (QED) is 0.0297. The molecule has 0 aliphatic rings. The van der Waals surface area contributed by atoms with Crippen LogP contribution in [0.1, 0.15) is 192 Å². The Morgan fingerprint density at radius 3 is 1.31 bits per heavy atom. The third-order valence-electron chi connectivity index (χ3n) is 13.7. The van der Waals surface area contributed by atoms with Gasteiger partial charge in [0, 0.05) is 0 Å². The van der Waals surface area contributed by atoms with Gasteiger partial charge in [-0.05, 0) is 0 Å². The predicted molar refractivity (Wildman–Crippen MR) is 298 cm³/mol. The Morgan fingerprint density at radius 1 is 0.452 bits per heavy atom. The summed E-state index contributed by atoms with van der Waals surface area (Å²) >= 11 is 3.70. The molecule has 5 aromatic rings. The van der Waals surface area contributed by atoms with Crippen LogP contribution in [0.15, 0.2) is 35.7 Å². The SMILES string of the molecule is CCCCCCCCC(CCCCCC)Cc1ccc(-c2c3c[c]([Sn]([CH3])([CH3])[CH3])sc3c(-c3ccc(CC(CCCCCC)CCCCCCCC)s3)c3[c]([Sn]([CH3])([CH3])[CH3])csc23)s1. The Bertz CT molecular complexity index is 2000. The first-order valence-electron chi connectivity index (χ1n) is 26.1. The zero-order valence-corrected chi connectivity index (χ0v) is 50.6.